The van der Waals surface area contributed by atoms with Crippen molar-refractivity contribution in [3.63, 3.8) is 0 Å². The highest BCUT2D eigenvalue weighted by molar-refractivity contribution is 5.93. The number of carbonyl (C=O) groups excluding carboxylic acids is 1. The second-order valence-corrected chi connectivity index (χ2v) is 3.69. The summed E-state index contributed by atoms with van der Waals surface area (Å²) in [6.45, 7) is 0.219. The Kier molecular flexibility index (Phi) is 3.30. The molecule has 0 saturated carbocycles. The van der Waals surface area contributed by atoms with Crippen LogP contribution in [-0.2, 0) is 0 Å². The van der Waals surface area contributed by atoms with Crippen LogP contribution in [0.15, 0.2) is 30.5 Å². The number of nitrogens with zero attached hydrogens (tertiary/aromatic N) is 3. The number of aliphatic hydroxyl groups is 1. The van der Waals surface area contributed by atoms with Crippen molar-refractivity contribution in [1.29, 1.82) is 0 Å². The lowest BCUT2D eigenvalue weighted by molar-refractivity contribution is 0.0761. The zero-order valence-electron chi connectivity index (χ0n) is 9.50. The van der Waals surface area contributed by atoms with E-state index >= 15 is 0 Å². The predicted octanol–water partition coefficient (Wildman–Crippen LogP) is 0.694. The van der Waals surface area contributed by atoms with E-state index in [4.69, 9.17) is 5.11 Å². The van der Waals surface area contributed by atoms with Crippen LogP contribution >= 0.6 is 0 Å². The highest BCUT2D eigenvalue weighted by Crippen LogP contribution is 2.09. The molecular formula is C12H13N3O2. The van der Waals surface area contributed by atoms with Crippen molar-refractivity contribution in [3.05, 3.63) is 36.2 Å². The van der Waals surface area contributed by atoms with Crippen LogP contribution in [0, 0.1) is 0 Å². The summed E-state index contributed by atoms with van der Waals surface area (Å²) in [5.74, 6) is -0.239. The number of aliphatic hydroxyl groups excluding tert-OH is 1. The number of hydrogen-bond donors (Lipinski definition) is 1. The van der Waals surface area contributed by atoms with Gasteiger partial charge in [-0.05, 0) is 12.1 Å². The zero-order valence-corrected chi connectivity index (χ0v) is 9.50. The highest BCUT2D eigenvalue weighted by atomic mass is 16.3. The van der Waals surface area contributed by atoms with E-state index in [0.717, 1.165) is 5.52 Å². The van der Waals surface area contributed by atoms with Gasteiger partial charge in [-0.25, -0.2) is 4.98 Å². The summed E-state index contributed by atoms with van der Waals surface area (Å²) in [7, 11) is 1.62. The molecule has 5 heteroatoms. The van der Waals surface area contributed by atoms with Crippen LogP contribution in [0.25, 0.3) is 11.0 Å². The number of fused-ring (bicyclic) bond motifs is 1. The molecule has 0 unspecified atom stereocenters. The lowest BCUT2D eigenvalue weighted by atomic mass is 10.3. The maximum Gasteiger partial charge on any atom is 0.273 e. The summed E-state index contributed by atoms with van der Waals surface area (Å²) in [6, 6.07) is 7.37. The highest BCUT2D eigenvalue weighted by Gasteiger charge is 2.13. The number of rotatable bonds is 3. The molecule has 88 valence electrons. The van der Waals surface area contributed by atoms with Crippen LogP contribution in [0.4, 0.5) is 0 Å². The third-order valence-electron chi connectivity index (χ3n) is 2.45. The fraction of sp³-hybridized carbons (Fsp3) is 0.250. The third kappa shape index (κ3) is 2.39. The lowest BCUT2D eigenvalue weighted by Gasteiger charge is -2.14. The largest absolute Gasteiger partial charge is 0.395 e. The molecule has 0 fully saturated rings. The summed E-state index contributed by atoms with van der Waals surface area (Å²) in [6.07, 6.45) is 1.46. The number of aromatic nitrogens is 2. The van der Waals surface area contributed by atoms with Crippen molar-refractivity contribution in [2.24, 2.45) is 0 Å². The number of benzene rings is 1. The SMILES string of the molecule is CN(CCO)C(=O)c1cnc2ccccc2n1. The van der Waals surface area contributed by atoms with Crippen LogP contribution in [-0.4, -0.2) is 46.1 Å². The fourth-order valence-corrected chi connectivity index (χ4v) is 1.51. The average Bonchev–Trinajstić information content (AvgIpc) is 2.37. The van der Waals surface area contributed by atoms with E-state index in [-0.39, 0.29) is 19.1 Å². The van der Waals surface area contributed by atoms with Crippen molar-refractivity contribution in [1.82, 2.24) is 14.9 Å². The Hall–Kier alpha value is -2.01. The fourth-order valence-electron chi connectivity index (χ4n) is 1.51. The molecule has 1 aromatic carbocycles. The second-order valence-electron chi connectivity index (χ2n) is 3.69. The third-order valence-corrected chi connectivity index (χ3v) is 2.45. The molecule has 1 aromatic heterocycles. The van der Waals surface area contributed by atoms with Gasteiger partial charge >= 0.3 is 0 Å². The van der Waals surface area contributed by atoms with E-state index in [9.17, 15) is 4.79 Å². The van der Waals surface area contributed by atoms with Gasteiger partial charge < -0.3 is 10.0 Å². The van der Waals surface area contributed by atoms with Gasteiger partial charge in [0.15, 0.2) is 0 Å². The van der Waals surface area contributed by atoms with Crippen LogP contribution in [0.2, 0.25) is 0 Å². The minimum atomic E-state index is -0.239. The maximum absolute atomic E-state index is 11.9. The Bertz CT molecular complexity index is 542. The van der Waals surface area contributed by atoms with E-state index in [0.29, 0.717) is 11.2 Å². The van der Waals surface area contributed by atoms with Crippen molar-refractivity contribution < 1.29 is 9.90 Å². The Morgan fingerprint density at radius 2 is 2.06 bits per heavy atom. The molecule has 17 heavy (non-hydrogen) atoms. The Morgan fingerprint density at radius 3 is 2.76 bits per heavy atom. The topological polar surface area (TPSA) is 66.3 Å². The zero-order chi connectivity index (χ0) is 12.3. The molecule has 1 heterocycles. The van der Waals surface area contributed by atoms with Gasteiger partial charge in [-0.2, -0.15) is 0 Å². The molecule has 0 aliphatic rings. The van der Waals surface area contributed by atoms with Gasteiger partial charge in [0.2, 0.25) is 0 Å². The van der Waals surface area contributed by atoms with Crippen molar-refractivity contribution in [3.8, 4) is 0 Å². The van der Waals surface area contributed by atoms with E-state index in [1.807, 2.05) is 24.3 Å². The lowest BCUT2D eigenvalue weighted by Crippen LogP contribution is -2.30. The monoisotopic (exact) mass is 231 g/mol. The summed E-state index contributed by atoms with van der Waals surface area (Å²) in [5, 5.41) is 8.77. The Morgan fingerprint density at radius 1 is 1.35 bits per heavy atom. The predicted molar refractivity (Wildman–Crippen MR) is 63.6 cm³/mol. The van der Waals surface area contributed by atoms with Gasteiger partial charge in [-0.3, -0.25) is 9.78 Å². The van der Waals surface area contributed by atoms with Crippen LogP contribution in [0.1, 0.15) is 10.5 Å². The molecule has 2 rings (SSSR count). The van der Waals surface area contributed by atoms with Gasteiger partial charge in [0.05, 0.1) is 23.8 Å². The first-order chi connectivity index (χ1) is 8.22. The maximum atomic E-state index is 11.9. The van der Waals surface area contributed by atoms with Gasteiger partial charge in [-0.15, -0.1) is 0 Å². The van der Waals surface area contributed by atoms with Crippen molar-refractivity contribution in [2.75, 3.05) is 20.2 Å². The summed E-state index contributed by atoms with van der Waals surface area (Å²) < 4.78 is 0. The average molecular weight is 231 g/mol. The number of likely N-dealkylation sites (N-methyl/N-ethyl adjacent to an activating group) is 1. The summed E-state index contributed by atoms with van der Waals surface area (Å²) >= 11 is 0. The van der Waals surface area contributed by atoms with Gasteiger partial charge in [0, 0.05) is 13.6 Å². The minimum Gasteiger partial charge on any atom is -0.395 e. The van der Waals surface area contributed by atoms with Gasteiger partial charge in [0.1, 0.15) is 5.69 Å². The smallest absolute Gasteiger partial charge is 0.273 e. The molecule has 0 spiro atoms. The molecule has 0 saturated heterocycles. The van der Waals surface area contributed by atoms with Gasteiger partial charge in [0.25, 0.3) is 5.91 Å². The number of amides is 1. The number of carbonyl (C=O) groups is 1. The van der Waals surface area contributed by atoms with E-state index in [1.165, 1.54) is 11.1 Å². The molecule has 0 aliphatic carbocycles. The molecule has 1 N–H and O–H groups in total. The quantitative estimate of drug-likeness (QED) is 0.844. The van der Waals surface area contributed by atoms with Crippen LogP contribution in [0.3, 0.4) is 0 Å². The first-order valence-corrected chi connectivity index (χ1v) is 5.30. The van der Waals surface area contributed by atoms with E-state index in [2.05, 4.69) is 9.97 Å². The normalized spacial score (nSPS) is 10.5. The van der Waals surface area contributed by atoms with E-state index in [1.54, 1.807) is 7.05 Å². The summed E-state index contributed by atoms with van der Waals surface area (Å²) in [4.78, 5) is 21.7. The molecule has 0 radical (unpaired) electrons. The molecule has 0 bridgehead atoms. The van der Waals surface area contributed by atoms with Crippen LogP contribution < -0.4 is 0 Å². The molecule has 0 atom stereocenters. The Labute approximate surface area is 98.7 Å². The molecule has 1 amide bonds. The molecular weight excluding hydrogens is 218 g/mol. The molecule has 2 aromatic rings. The number of para-hydroxylation sites is 2. The first kappa shape index (κ1) is 11.5. The van der Waals surface area contributed by atoms with Crippen molar-refractivity contribution in [2.45, 2.75) is 0 Å². The minimum absolute atomic E-state index is 0.0662. The van der Waals surface area contributed by atoms with Crippen LogP contribution in [0.5, 0.6) is 0 Å². The van der Waals surface area contributed by atoms with Gasteiger partial charge in [-0.1, -0.05) is 12.1 Å². The summed E-state index contributed by atoms with van der Waals surface area (Å²) in [5.41, 5.74) is 1.74. The second kappa shape index (κ2) is 4.88. The Balaban J connectivity index is 2.33. The first-order valence-electron chi connectivity index (χ1n) is 5.30. The molecule has 5 nitrogen and oxygen atoms in total. The van der Waals surface area contributed by atoms with Crippen molar-refractivity contribution >= 4 is 16.9 Å². The molecule has 0 aliphatic heterocycles. The standard InChI is InChI=1S/C12H13N3O2/c1-15(6-7-16)12(17)11-8-13-9-4-2-3-5-10(9)14-11/h2-5,8,16H,6-7H2,1H3. The van der Waals surface area contributed by atoms with E-state index < -0.39 is 0 Å². The number of hydrogen-bond acceptors (Lipinski definition) is 4.